The SMILES string of the molecule is CCc1cccc2sc(N(CCCN3CCOCC3)C(=O)Cc3cccs3)nc12.Cl. The number of thiazole rings is 1. The van der Waals surface area contributed by atoms with E-state index in [1.54, 1.807) is 22.7 Å². The molecule has 1 fully saturated rings. The minimum Gasteiger partial charge on any atom is -0.379 e. The molecule has 2 aromatic heterocycles. The first kappa shape index (κ1) is 23.2. The molecule has 1 aliphatic rings. The van der Waals surface area contributed by atoms with Crippen LogP contribution in [0, 0.1) is 0 Å². The number of morpholine rings is 1. The van der Waals surface area contributed by atoms with E-state index in [4.69, 9.17) is 9.72 Å². The molecule has 0 N–H and O–H groups in total. The standard InChI is InChI=1S/C22H27N3O2S2.ClH/c1-2-17-6-3-8-19-21(17)23-22(29-19)25(20(26)16-18-7-4-15-28-18)10-5-9-24-11-13-27-14-12-24;/h3-4,6-8,15H,2,5,9-14,16H2,1H3;1H. The van der Waals surface area contributed by atoms with Crippen LogP contribution >= 0.6 is 35.1 Å². The molecule has 162 valence electrons. The monoisotopic (exact) mass is 465 g/mol. The molecule has 8 heteroatoms. The lowest BCUT2D eigenvalue weighted by Gasteiger charge is -2.27. The van der Waals surface area contributed by atoms with Gasteiger partial charge < -0.3 is 4.74 Å². The Morgan fingerprint density at radius 1 is 1.23 bits per heavy atom. The second-order valence-electron chi connectivity index (χ2n) is 7.22. The number of nitrogens with zero attached hydrogens (tertiary/aromatic N) is 3. The topological polar surface area (TPSA) is 45.7 Å². The molecular formula is C22H28ClN3O2S2. The van der Waals surface area contributed by atoms with E-state index in [1.807, 2.05) is 22.4 Å². The zero-order valence-electron chi connectivity index (χ0n) is 17.2. The number of halogens is 1. The van der Waals surface area contributed by atoms with Gasteiger partial charge in [0.25, 0.3) is 0 Å². The number of hydrogen-bond donors (Lipinski definition) is 0. The van der Waals surface area contributed by atoms with Gasteiger partial charge in [0.05, 0.1) is 29.9 Å². The highest BCUT2D eigenvalue weighted by atomic mass is 35.5. The van der Waals surface area contributed by atoms with Crippen molar-refractivity contribution in [2.24, 2.45) is 0 Å². The number of ether oxygens (including phenoxy) is 1. The van der Waals surface area contributed by atoms with E-state index in [9.17, 15) is 4.79 Å². The fourth-order valence-electron chi connectivity index (χ4n) is 3.66. The highest BCUT2D eigenvalue weighted by molar-refractivity contribution is 7.22. The van der Waals surface area contributed by atoms with Gasteiger partial charge in [-0.25, -0.2) is 4.98 Å². The Hall–Kier alpha value is -1.51. The molecule has 3 heterocycles. The van der Waals surface area contributed by atoms with Crippen molar-refractivity contribution >= 4 is 56.3 Å². The van der Waals surface area contributed by atoms with Crippen molar-refractivity contribution in [2.45, 2.75) is 26.2 Å². The Morgan fingerprint density at radius 3 is 2.80 bits per heavy atom. The predicted octanol–water partition coefficient (Wildman–Crippen LogP) is 4.64. The molecule has 0 aliphatic carbocycles. The lowest BCUT2D eigenvalue weighted by atomic mass is 10.1. The Bertz CT molecular complexity index is 939. The van der Waals surface area contributed by atoms with Gasteiger partial charge in [-0.1, -0.05) is 36.5 Å². The van der Waals surface area contributed by atoms with Crippen LogP contribution in [0.5, 0.6) is 0 Å². The second kappa shape index (κ2) is 11.2. The first-order valence-electron chi connectivity index (χ1n) is 10.3. The quantitative estimate of drug-likeness (QED) is 0.486. The lowest BCUT2D eigenvalue weighted by Crippen LogP contribution is -2.39. The van der Waals surface area contributed by atoms with Crippen molar-refractivity contribution in [3.63, 3.8) is 0 Å². The highest BCUT2D eigenvalue weighted by Crippen LogP contribution is 2.31. The molecule has 4 rings (SSSR count). The third-order valence-electron chi connectivity index (χ3n) is 5.27. The van der Waals surface area contributed by atoms with Gasteiger partial charge in [0.2, 0.25) is 5.91 Å². The fourth-order valence-corrected chi connectivity index (χ4v) is 5.41. The number of rotatable bonds is 8. The molecule has 0 saturated carbocycles. The lowest BCUT2D eigenvalue weighted by molar-refractivity contribution is -0.118. The van der Waals surface area contributed by atoms with Crippen LogP contribution in [-0.2, 0) is 22.4 Å². The van der Waals surface area contributed by atoms with E-state index in [1.165, 1.54) is 5.56 Å². The van der Waals surface area contributed by atoms with E-state index in [-0.39, 0.29) is 18.3 Å². The van der Waals surface area contributed by atoms with Gasteiger partial charge in [0.15, 0.2) is 5.13 Å². The molecule has 30 heavy (non-hydrogen) atoms. The summed E-state index contributed by atoms with van der Waals surface area (Å²) >= 11 is 3.26. The van der Waals surface area contributed by atoms with Gasteiger partial charge in [-0.15, -0.1) is 23.7 Å². The summed E-state index contributed by atoms with van der Waals surface area (Å²) in [5.41, 5.74) is 2.28. The average Bonchev–Trinajstić information content (AvgIpc) is 3.41. The van der Waals surface area contributed by atoms with Crippen LogP contribution in [-0.4, -0.2) is 55.2 Å². The second-order valence-corrected chi connectivity index (χ2v) is 9.26. The van der Waals surface area contributed by atoms with Crippen molar-refractivity contribution in [1.82, 2.24) is 9.88 Å². The zero-order chi connectivity index (χ0) is 20.1. The van der Waals surface area contributed by atoms with Gasteiger partial charge in [-0.05, 0) is 35.9 Å². The number of anilines is 1. The van der Waals surface area contributed by atoms with Crippen molar-refractivity contribution in [3.8, 4) is 0 Å². The van der Waals surface area contributed by atoms with Gasteiger partial charge in [0, 0.05) is 31.1 Å². The molecule has 1 saturated heterocycles. The summed E-state index contributed by atoms with van der Waals surface area (Å²) in [6.07, 6.45) is 2.32. The minimum atomic E-state index is 0. The van der Waals surface area contributed by atoms with Gasteiger partial charge in [-0.2, -0.15) is 0 Å². The van der Waals surface area contributed by atoms with Crippen LogP contribution in [0.1, 0.15) is 23.8 Å². The van der Waals surface area contributed by atoms with E-state index in [0.717, 1.165) is 65.9 Å². The van der Waals surface area contributed by atoms with Crippen LogP contribution in [0.15, 0.2) is 35.7 Å². The molecule has 1 aromatic carbocycles. The van der Waals surface area contributed by atoms with Crippen molar-refractivity contribution < 1.29 is 9.53 Å². The zero-order valence-corrected chi connectivity index (χ0v) is 19.7. The minimum absolute atomic E-state index is 0. The van der Waals surface area contributed by atoms with Crippen LogP contribution in [0.3, 0.4) is 0 Å². The first-order valence-corrected chi connectivity index (χ1v) is 12.0. The van der Waals surface area contributed by atoms with Crippen molar-refractivity contribution in [1.29, 1.82) is 0 Å². The summed E-state index contributed by atoms with van der Waals surface area (Å²) in [7, 11) is 0. The van der Waals surface area contributed by atoms with Crippen molar-refractivity contribution in [2.75, 3.05) is 44.3 Å². The Labute approximate surface area is 192 Å². The van der Waals surface area contributed by atoms with E-state index in [0.29, 0.717) is 13.0 Å². The Balaban J connectivity index is 0.00000256. The number of hydrogen-bond acceptors (Lipinski definition) is 6. The van der Waals surface area contributed by atoms with Crippen LogP contribution in [0.2, 0.25) is 0 Å². The number of carbonyl (C=O) groups excluding carboxylic acids is 1. The molecule has 0 spiro atoms. The van der Waals surface area contributed by atoms with E-state index >= 15 is 0 Å². The molecule has 5 nitrogen and oxygen atoms in total. The molecule has 0 atom stereocenters. The largest absolute Gasteiger partial charge is 0.379 e. The van der Waals surface area contributed by atoms with Crippen LogP contribution in [0.4, 0.5) is 5.13 Å². The molecule has 0 radical (unpaired) electrons. The van der Waals surface area contributed by atoms with Crippen LogP contribution < -0.4 is 4.90 Å². The average molecular weight is 466 g/mol. The van der Waals surface area contributed by atoms with Crippen LogP contribution in [0.25, 0.3) is 10.2 Å². The highest BCUT2D eigenvalue weighted by Gasteiger charge is 2.21. The van der Waals surface area contributed by atoms with Crippen molar-refractivity contribution in [3.05, 3.63) is 46.2 Å². The third kappa shape index (κ3) is 5.59. The smallest absolute Gasteiger partial charge is 0.234 e. The number of carbonyl (C=O) groups is 1. The molecule has 1 amide bonds. The van der Waals surface area contributed by atoms with Gasteiger partial charge in [-0.3, -0.25) is 14.6 Å². The summed E-state index contributed by atoms with van der Waals surface area (Å²) in [5, 5.41) is 2.85. The fraction of sp³-hybridized carbons (Fsp3) is 0.455. The molecule has 1 aliphatic heterocycles. The number of thiophene rings is 1. The number of para-hydroxylation sites is 1. The number of aryl methyl sites for hydroxylation is 1. The summed E-state index contributed by atoms with van der Waals surface area (Å²) < 4.78 is 6.59. The van der Waals surface area contributed by atoms with Gasteiger partial charge >= 0.3 is 0 Å². The maximum atomic E-state index is 13.2. The molecular weight excluding hydrogens is 438 g/mol. The number of benzene rings is 1. The normalized spacial score (nSPS) is 14.6. The summed E-state index contributed by atoms with van der Waals surface area (Å²) in [4.78, 5) is 23.5. The number of amides is 1. The molecule has 0 unspecified atom stereocenters. The van der Waals surface area contributed by atoms with Gasteiger partial charge in [0.1, 0.15) is 0 Å². The summed E-state index contributed by atoms with van der Waals surface area (Å²) in [6, 6.07) is 10.3. The predicted molar refractivity (Wildman–Crippen MR) is 128 cm³/mol. The Morgan fingerprint density at radius 2 is 2.07 bits per heavy atom. The first-order chi connectivity index (χ1) is 14.2. The molecule has 3 aromatic rings. The molecule has 0 bridgehead atoms. The summed E-state index contributed by atoms with van der Waals surface area (Å²) in [6.45, 7) is 7.39. The Kier molecular flexibility index (Phi) is 8.65. The van der Waals surface area contributed by atoms with E-state index < -0.39 is 0 Å². The van der Waals surface area contributed by atoms with E-state index in [2.05, 4.69) is 30.0 Å². The maximum Gasteiger partial charge on any atom is 0.234 e. The number of aromatic nitrogens is 1. The number of fused-ring (bicyclic) bond motifs is 1. The maximum absolute atomic E-state index is 13.2. The summed E-state index contributed by atoms with van der Waals surface area (Å²) in [5.74, 6) is 0.131. The third-order valence-corrected chi connectivity index (χ3v) is 7.19.